The normalized spacial score (nSPS) is 12.8. The molecule has 2 amide bonds. The van der Waals surface area contributed by atoms with Crippen molar-refractivity contribution in [2.75, 3.05) is 20.3 Å². The molecule has 2 aromatic carbocycles. The van der Waals surface area contributed by atoms with Crippen LogP contribution in [0.1, 0.15) is 28.8 Å². The summed E-state index contributed by atoms with van der Waals surface area (Å²) in [5.41, 5.74) is 2.16. The van der Waals surface area contributed by atoms with E-state index in [0.29, 0.717) is 41.1 Å². The van der Waals surface area contributed by atoms with Crippen LogP contribution in [0.15, 0.2) is 60.9 Å². The van der Waals surface area contributed by atoms with Crippen LogP contribution in [0.2, 0.25) is 5.02 Å². The van der Waals surface area contributed by atoms with E-state index in [-0.39, 0.29) is 18.4 Å². The van der Waals surface area contributed by atoms with Crippen molar-refractivity contribution in [2.45, 2.75) is 25.3 Å². The molecule has 1 saturated carbocycles. The van der Waals surface area contributed by atoms with Gasteiger partial charge in [0, 0.05) is 31.0 Å². The van der Waals surface area contributed by atoms with Crippen LogP contribution in [0, 0.1) is 0 Å². The van der Waals surface area contributed by atoms with Crippen molar-refractivity contribution in [3.63, 3.8) is 0 Å². The van der Waals surface area contributed by atoms with Crippen molar-refractivity contribution in [2.24, 2.45) is 0 Å². The zero-order valence-corrected chi connectivity index (χ0v) is 19.1. The Kier molecular flexibility index (Phi) is 7.19. The van der Waals surface area contributed by atoms with Gasteiger partial charge in [0.25, 0.3) is 11.8 Å². The van der Waals surface area contributed by atoms with Gasteiger partial charge in [-0.3, -0.25) is 9.59 Å². The zero-order valence-electron chi connectivity index (χ0n) is 18.3. The van der Waals surface area contributed by atoms with Crippen molar-refractivity contribution >= 4 is 23.4 Å². The maximum absolute atomic E-state index is 12.7. The average Bonchev–Trinajstić information content (AvgIpc) is 3.46. The van der Waals surface area contributed by atoms with Gasteiger partial charge in [-0.05, 0) is 55.2 Å². The van der Waals surface area contributed by atoms with E-state index in [4.69, 9.17) is 21.1 Å². The number of halogens is 1. The quantitative estimate of drug-likeness (QED) is 0.475. The minimum Gasteiger partial charge on any atom is -0.496 e. The largest absolute Gasteiger partial charge is 0.496 e. The number of aromatic nitrogens is 1. The number of methoxy groups -OCH3 is 1. The van der Waals surface area contributed by atoms with E-state index in [1.165, 1.54) is 7.11 Å². The summed E-state index contributed by atoms with van der Waals surface area (Å²) in [5.74, 6) is 0.736. The Labute approximate surface area is 197 Å². The Morgan fingerprint density at radius 3 is 2.52 bits per heavy atom. The third-order valence-corrected chi connectivity index (χ3v) is 5.63. The Bertz CT molecular complexity index is 1110. The van der Waals surface area contributed by atoms with E-state index < -0.39 is 0 Å². The van der Waals surface area contributed by atoms with Gasteiger partial charge >= 0.3 is 0 Å². The lowest BCUT2D eigenvalue weighted by atomic mass is 10.1. The number of carbonyl (C=O) groups is 2. The fourth-order valence-corrected chi connectivity index (χ4v) is 3.66. The maximum Gasteiger partial charge on any atom is 0.258 e. The predicted molar refractivity (Wildman–Crippen MR) is 126 cm³/mol. The molecule has 1 aliphatic rings. The van der Waals surface area contributed by atoms with Crippen LogP contribution in [0.4, 0.5) is 0 Å². The predicted octanol–water partition coefficient (Wildman–Crippen LogP) is 3.77. The Hall–Kier alpha value is -3.45. The smallest absolute Gasteiger partial charge is 0.258 e. The average molecular weight is 468 g/mol. The topological polar surface area (TPSA) is 81.6 Å². The van der Waals surface area contributed by atoms with E-state index >= 15 is 0 Å². The molecule has 33 heavy (non-hydrogen) atoms. The van der Waals surface area contributed by atoms with E-state index in [2.05, 4.69) is 10.6 Å². The summed E-state index contributed by atoms with van der Waals surface area (Å²) in [5, 5.41) is 6.26. The van der Waals surface area contributed by atoms with Crippen LogP contribution >= 0.6 is 11.6 Å². The molecule has 0 aliphatic heterocycles. The van der Waals surface area contributed by atoms with Crippen molar-refractivity contribution in [3.05, 3.63) is 77.1 Å². The highest BCUT2D eigenvalue weighted by atomic mass is 35.5. The van der Waals surface area contributed by atoms with Gasteiger partial charge in [-0.15, -0.1) is 0 Å². The maximum atomic E-state index is 12.7. The second-order valence-electron chi connectivity index (χ2n) is 7.87. The van der Waals surface area contributed by atoms with Gasteiger partial charge < -0.3 is 24.7 Å². The van der Waals surface area contributed by atoms with Crippen molar-refractivity contribution < 1.29 is 19.1 Å². The number of hydrogen-bond acceptors (Lipinski definition) is 4. The highest BCUT2D eigenvalue weighted by Gasteiger charge is 2.23. The molecule has 1 aliphatic carbocycles. The molecule has 0 bridgehead atoms. The SMILES string of the molecule is COc1cc(-n2cccc2)c(Cl)cc1C(=O)NCCc1ccc(OCC(=O)NC2CC2)cc1. The van der Waals surface area contributed by atoms with Crippen LogP contribution in [0.5, 0.6) is 11.5 Å². The summed E-state index contributed by atoms with van der Waals surface area (Å²) in [6.45, 7) is 0.461. The molecule has 0 radical (unpaired) electrons. The summed E-state index contributed by atoms with van der Waals surface area (Å²) >= 11 is 6.42. The van der Waals surface area contributed by atoms with Crippen LogP contribution in [-0.2, 0) is 11.2 Å². The lowest BCUT2D eigenvalue weighted by Gasteiger charge is -2.14. The second-order valence-corrected chi connectivity index (χ2v) is 8.28. The first-order valence-electron chi connectivity index (χ1n) is 10.8. The first-order valence-corrected chi connectivity index (χ1v) is 11.2. The van der Waals surface area contributed by atoms with Crippen molar-refractivity contribution in [3.8, 4) is 17.2 Å². The van der Waals surface area contributed by atoms with Gasteiger partial charge in [0.15, 0.2) is 6.61 Å². The molecular formula is C25H26ClN3O4. The molecule has 0 unspecified atom stereocenters. The minimum atomic E-state index is -0.255. The third kappa shape index (κ3) is 6.08. The summed E-state index contributed by atoms with van der Waals surface area (Å²) in [7, 11) is 1.53. The van der Waals surface area contributed by atoms with Gasteiger partial charge in [-0.1, -0.05) is 23.7 Å². The minimum absolute atomic E-state index is 0.0133. The monoisotopic (exact) mass is 467 g/mol. The van der Waals surface area contributed by atoms with Gasteiger partial charge in [0.1, 0.15) is 11.5 Å². The van der Waals surface area contributed by atoms with Gasteiger partial charge in [-0.2, -0.15) is 0 Å². The lowest BCUT2D eigenvalue weighted by molar-refractivity contribution is -0.123. The molecule has 1 fully saturated rings. The number of nitrogens with zero attached hydrogens (tertiary/aromatic N) is 1. The summed E-state index contributed by atoms with van der Waals surface area (Å²) in [6, 6.07) is 15.0. The van der Waals surface area contributed by atoms with Crippen LogP contribution < -0.4 is 20.1 Å². The number of amides is 2. The van der Waals surface area contributed by atoms with E-state index in [1.54, 1.807) is 12.1 Å². The molecule has 4 rings (SSSR count). The zero-order chi connectivity index (χ0) is 23.2. The molecule has 172 valence electrons. The molecule has 2 N–H and O–H groups in total. The fraction of sp³-hybridized carbons (Fsp3) is 0.280. The molecule has 0 spiro atoms. The van der Waals surface area contributed by atoms with Gasteiger partial charge in [0.05, 0.1) is 23.4 Å². The molecular weight excluding hydrogens is 442 g/mol. The molecule has 8 heteroatoms. The molecule has 0 saturated heterocycles. The lowest BCUT2D eigenvalue weighted by Crippen LogP contribution is -2.30. The number of carbonyl (C=O) groups excluding carboxylic acids is 2. The Morgan fingerprint density at radius 1 is 1.12 bits per heavy atom. The number of ether oxygens (including phenoxy) is 2. The molecule has 3 aromatic rings. The number of nitrogens with one attached hydrogen (secondary N) is 2. The van der Waals surface area contributed by atoms with E-state index in [0.717, 1.165) is 24.1 Å². The second kappa shape index (κ2) is 10.4. The highest BCUT2D eigenvalue weighted by Crippen LogP contribution is 2.30. The fourth-order valence-electron chi connectivity index (χ4n) is 3.40. The van der Waals surface area contributed by atoms with Crippen molar-refractivity contribution in [1.29, 1.82) is 0 Å². The van der Waals surface area contributed by atoms with Gasteiger partial charge in [-0.25, -0.2) is 0 Å². The van der Waals surface area contributed by atoms with Crippen molar-refractivity contribution in [1.82, 2.24) is 15.2 Å². The van der Waals surface area contributed by atoms with Crippen LogP contribution in [-0.4, -0.2) is 42.7 Å². The van der Waals surface area contributed by atoms with E-state index in [1.807, 2.05) is 53.4 Å². The van der Waals surface area contributed by atoms with Gasteiger partial charge in [0.2, 0.25) is 0 Å². The molecule has 0 atom stereocenters. The summed E-state index contributed by atoms with van der Waals surface area (Å²) < 4.78 is 12.8. The Morgan fingerprint density at radius 2 is 1.85 bits per heavy atom. The Balaban J connectivity index is 1.29. The third-order valence-electron chi connectivity index (χ3n) is 5.33. The van der Waals surface area contributed by atoms with Crippen LogP contribution in [0.3, 0.4) is 0 Å². The first-order chi connectivity index (χ1) is 16.0. The number of benzene rings is 2. The standard InChI is InChI=1S/C25H26ClN3O4/c1-32-23-15-22(29-12-2-3-13-29)21(26)14-20(23)25(31)27-11-10-17-4-8-19(9-5-17)33-16-24(30)28-18-6-7-18/h2-5,8-9,12-15,18H,6-7,10-11,16H2,1H3,(H,27,31)(H,28,30). The molecule has 1 aromatic heterocycles. The van der Waals surface area contributed by atoms with Crippen LogP contribution in [0.25, 0.3) is 5.69 Å². The first kappa shape index (κ1) is 22.7. The van der Waals surface area contributed by atoms with E-state index in [9.17, 15) is 9.59 Å². The number of rotatable bonds is 10. The summed E-state index contributed by atoms with van der Waals surface area (Å²) in [6.07, 6.45) is 6.50. The molecule has 7 nitrogen and oxygen atoms in total. The summed E-state index contributed by atoms with van der Waals surface area (Å²) in [4.78, 5) is 24.4. The number of hydrogen-bond donors (Lipinski definition) is 2. The molecule has 1 heterocycles. The highest BCUT2D eigenvalue weighted by molar-refractivity contribution is 6.33.